The molecule has 1 aliphatic heterocycles. The molecule has 132 valence electrons. The minimum absolute atomic E-state index is 0.0353. The van der Waals surface area contributed by atoms with Gasteiger partial charge in [0.2, 0.25) is 6.04 Å². The summed E-state index contributed by atoms with van der Waals surface area (Å²) in [5.41, 5.74) is 0.907. The summed E-state index contributed by atoms with van der Waals surface area (Å²) in [7, 11) is 0. The first-order chi connectivity index (χ1) is 11.6. The van der Waals surface area contributed by atoms with Crippen LogP contribution in [0.15, 0.2) is 30.3 Å². The molecule has 0 saturated carbocycles. The third kappa shape index (κ3) is 4.46. The van der Waals surface area contributed by atoms with Gasteiger partial charge in [0.05, 0.1) is 6.54 Å². The fraction of sp³-hybridized carbons (Fsp3) is 0.611. The molecule has 0 radical (unpaired) electrons. The highest BCUT2D eigenvalue weighted by atomic mass is 16.6. The number of hydrogen-bond acceptors (Lipinski definition) is 4. The Morgan fingerprint density at radius 1 is 1.29 bits per heavy atom. The first kappa shape index (κ1) is 18.2. The lowest BCUT2D eigenvalue weighted by Gasteiger charge is -2.39. The number of ether oxygens (including phenoxy) is 1. The molecule has 0 aliphatic carbocycles. The number of benzene rings is 1. The Hall–Kier alpha value is -2.11. The van der Waals surface area contributed by atoms with Crippen LogP contribution in [0.5, 0.6) is 0 Å². The van der Waals surface area contributed by atoms with Gasteiger partial charge in [-0.3, -0.25) is 10.1 Å². The van der Waals surface area contributed by atoms with Gasteiger partial charge in [0.1, 0.15) is 6.61 Å². The third-order valence-electron chi connectivity index (χ3n) is 4.84. The fourth-order valence-electron chi connectivity index (χ4n) is 3.54. The number of piperidine rings is 1. The monoisotopic (exact) mass is 334 g/mol. The molecule has 1 saturated heterocycles. The molecule has 1 amide bonds. The van der Waals surface area contributed by atoms with E-state index in [9.17, 15) is 14.9 Å². The van der Waals surface area contributed by atoms with Crippen LogP contribution in [0.2, 0.25) is 0 Å². The maximum Gasteiger partial charge on any atom is 0.410 e. The molecule has 1 heterocycles. The van der Waals surface area contributed by atoms with Gasteiger partial charge in [-0.2, -0.15) is 0 Å². The molecule has 1 aromatic rings. The summed E-state index contributed by atoms with van der Waals surface area (Å²) < 4.78 is 5.35. The summed E-state index contributed by atoms with van der Waals surface area (Å²) in [5.74, 6) is 0.187. The van der Waals surface area contributed by atoms with E-state index < -0.39 is 12.1 Å². The van der Waals surface area contributed by atoms with E-state index in [4.69, 9.17) is 4.74 Å². The van der Waals surface area contributed by atoms with Crippen LogP contribution in [-0.4, -0.2) is 35.0 Å². The predicted molar refractivity (Wildman–Crippen MR) is 91.2 cm³/mol. The van der Waals surface area contributed by atoms with Crippen LogP contribution >= 0.6 is 0 Å². The van der Waals surface area contributed by atoms with Crippen molar-refractivity contribution in [1.29, 1.82) is 0 Å². The molecular weight excluding hydrogens is 308 g/mol. The number of hydrogen-bond donors (Lipinski definition) is 0. The largest absolute Gasteiger partial charge is 0.445 e. The Kier molecular flexibility index (Phi) is 6.58. The van der Waals surface area contributed by atoms with Crippen LogP contribution < -0.4 is 0 Å². The van der Waals surface area contributed by atoms with Crippen LogP contribution in [0, 0.1) is 22.0 Å². The number of carbonyl (C=O) groups excluding carboxylic acids is 1. The predicted octanol–water partition coefficient (Wildman–Crippen LogP) is 3.73. The van der Waals surface area contributed by atoms with E-state index in [2.05, 4.69) is 0 Å². The van der Waals surface area contributed by atoms with Crippen molar-refractivity contribution in [2.24, 2.45) is 11.8 Å². The number of rotatable bonds is 6. The fourth-order valence-corrected chi connectivity index (χ4v) is 3.54. The number of likely N-dealkylation sites (tertiary alicyclic amines) is 1. The van der Waals surface area contributed by atoms with Gasteiger partial charge >= 0.3 is 6.09 Å². The highest BCUT2D eigenvalue weighted by molar-refractivity contribution is 5.67. The van der Waals surface area contributed by atoms with Crippen LogP contribution in [-0.2, 0) is 11.3 Å². The molecule has 1 fully saturated rings. The zero-order valence-corrected chi connectivity index (χ0v) is 14.4. The Bertz CT molecular complexity index is 549. The van der Waals surface area contributed by atoms with E-state index in [1.54, 1.807) is 0 Å². The molecule has 3 atom stereocenters. The van der Waals surface area contributed by atoms with Gasteiger partial charge in [-0.15, -0.1) is 0 Å². The van der Waals surface area contributed by atoms with Gasteiger partial charge in [-0.05, 0) is 17.9 Å². The van der Waals surface area contributed by atoms with Crippen LogP contribution in [0.3, 0.4) is 0 Å². The molecule has 0 unspecified atom stereocenters. The van der Waals surface area contributed by atoms with Crippen molar-refractivity contribution >= 4 is 6.09 Å². The Morgan fingerprint density at radius 2 is 2.00 bits per heavy atom. The summed E-state index contributed by atoms with van der Waals surface area (Å²) in [4.78, 5) is 25.1. The summed E-state index contributed by atoms with van der Waals surface area (Å²) in [6.07, 6.45) is 2.12. The smallest absolute Gasteiger partial charge is 0.410 e. The zero-order valence-electron chi connectivity index (χ0n) is 14.4. The quantitative estimate of drug-likeness (QED) is 0.587. The molecule has 2 rings (SSSR count). The highest BCUT2D eigenvalue weighted by Gasteiger charge is 2.44. The normalized spacial score (nSPS) is 23.8. The maximum absolute atomic E-state index is 12.3. The van der Waals surface area contributed by atoms with E-state index in [1.165, 1.54) is 4.90 Å². The summed E-state index contributed by atoms with van der Waals surface area (Å²) in [6.45, 7) is 4.95. The van der Waals surface area contributed by atoms with Gasteiger partial charge in [-0.1, -0.05) is 57.0 Å². The third-order valence-corrected chi connectivity index (χ3v) is 4.84. The Balaban J connectivity index is 2.01. The summed E-state index contributed by atoms with van der Waals surface area (Å²) in [6, 6.07) is 8.74. The van der Waals surface area contributed by atoms with Crippen LogP contribution in [0.4, 0.5) is 4.79 Å². The van der Waals surface area contributed by atoms with Gasteiger partial charge < -0.3 is 9.64 Å². The number of nitrogens with zero attached hydrogens (tertiary/aromatic N) is 2. The topological polar surface area (TPSA) is 72.7 Å². The van der Waals surface area contributed by atoms with E-state index in [0.717, 1.165) is 24.8 Å². The lowest BCUT2D eigenvalue weighted by atomic mass is 9.78. The van der Waals surface area contributed by atoms with Crippen molar-refractivity contribution in [2.75, 3.05) is 13.1 Å². The SMILES string of the molecule is CCC[C@H]1[C@H](CC)CN(C(=O)OCc2ccccc2)C[C@@H]1[N+](=O)[O-]. The molecule has 1 aromatic carbocycles. The van der Waals surface area contributed by atoms with Gasteiger partial charge in [0.15, 0.2) is 0 Å². The van der Waals surface area contributed by atoms with E-state index in [-0.39, 0.29) is 29.9 Å². The van der Waals surface area contributed by atoms with Gasteiger partial charge in [-0.25, -0.2) is 4.79 Å². The standard InChI is InChI=1S/C18H26N2O4/c1-3-8-16-15(4-2)11-19(12-17(16)20(22)23)18(21)24-13-14-9-6-5-7-10-14/h5-7,9-10,15-17H,3-4,8,11-13H2,1-2H3/t15-,16+,17+/m1/s1. The first-order valence-electron chi connectivity index (χ1n) is 8.65. The van der Waals surface area contributed by atoms with Crippen LogP contribution in [0.1, 0.15) is 38.7 Å². The average Bonchev–Trinajstić information content (AvgIpc) is 2.60. The van der Waals surface area contributed by atoms with Crippen molar-refractivity contribution in [3.63, 3.8) is 0 Å². The second-order valence-electron chi connectivity index (χ2n) is 6.42. The lowest BCUT2D eigenvalue weighted by molar-refractivity contribution is -0.537. The molecule has 6 heteroatoms. The minimum Gasteiger partial charge on any atom is -0.445 e. The van der Waals surface area contributed by atoms with Gasteiger partial charge in [0, 0.05) is 17.4 Å². The average molecular weight is 334 g/mol. The number of amides is 1. The van der Waals surface area contributed by atoms with E-state index >= 15 is 0 Å². The number of carbonyl (C=O) groups is 1. The van der Waals surface area contributed by atoms with Crippen molar-refractivity contribution in [3.8, 4) is 0 Å². The molecular formula is C18H26N2O4. The summed E-state index contributed by atoms with van der Waals surface area (Å²) >= 11 is 0. The molecule has 0 N–H and O–H groups in total. The second-order valence-corrected chi connectivity index (χ2v) is 6.42. The molecule has 0 aromatic heterocycles. The zero-order chi connectivity index (χ0) is 17.5. The maximum atomic E-state index is 12.3. The van der Waals surface area contributed by atoms with Crippen molar-refractivity contribution < 1.29 is 14.5 Å². The van der Waals surface area contributed by atoms with Crippen molar-refractivity contribution in [2.45, 2.75) is 45.8 Å². The number of nitro groups is 1. The Labute approximate surface area is 142 Å². The molecule has 24 heavy (non-hydrogen) atoms. The first-order valence-corrected chi connectivity index (χ1v) is 8.65. The second kappa shape index (κ2) is 8.66. The highest BCUT2D eigenvalue weighted by Crippen LogP contribution is 2.32. The van der Waals surface area contributed by atoms with E-state index in [0.29, 0.717) is 6.54 Å². The minimum atomic E-state index is -0.701. The van der Waals surface area contributed by atoms with Crippen molar-refractivity contribution in [1.82, 2.24) is 4.90 Å². The van der Waals surface area contributed by atoms with Crippen LogP contribution in [0.25, 0.3) is 0 Å². The van der Waals surface area contributed by atoms with Gasteiger partial charge in [0.25, 0.3) is 0 Å². The van der Waals surface area contributed by atoms with E-state index in [1.807, 2.05) is 44.2 Å². The molecule has 0 bridgehead atoms. The molecule has 1 aliphatic rings. The molecule has 0 spiro atoms. The molecule has 6 nitrogen and oxygen atoms in total. The Morgan fingerprint density at radius 3 is 2.58 bits per heavy atom. The van der Waals surface area contributed by atoms with Crippen molar-refractivity contribution in [3.05, 3.63) is 46.0 Å². The lowest BCUT2D eigenvalue weighted by Crippen LogP contribution is -2.54. The summed E-state index contributed by atoms with van der Waals surface area (Å²) in [5, 5.41) is 11.5.